The molecule has 0 aliphatic rings. The summed E-state index contributed by atoms with van der Waals surface area (Å²) in [5, 5.41) is 3.46. The second kappa shape index (κ2) is 8.72. The minimum atomic E-state index is -3.79. The maximum absolute atomic E-state index is 12.9. The number of amides is 1. The Labute approximate surface area is 176 Å². The van der Waals surface area contributed by atoms with E-state index < -0.39 is 27.5 Å². The smallest absolute Gasteiger partial charge is 0.244 e. The van der Waals surface area contributed by atoms with Crippen LogP contribution >= 0.6 is 23.2 Å². The second-order valence-electron chi connectivity index (χ2n) is 7.37. The van der Waals surface area contributed by atoms with Gasteiger partial charge >= 0.3 is 0 Å². The molecule has 1 amide bonds. The quantitative estimate of drug-likeness (QED) is 0.695. The van der Waals surface area contributed by atoms with Gasteiger partial charge in [-0.3, -0.25) is 9.10 Å². The number of carbonyl (C=O) groups is 1. The van der Waals surface area contributed by atoms with Gasteiger partial charge in [-0.15, -0.1) is 0 Å². The maximum Gasteiger partial charge on any atom is 0.244 e. The lowest BCUT2D eigenvalue weighted by Gasteiger charge is -2.33. The van der Waals surface area contributed by atoms with Crippen LogP contribution in [0.4, 0.5) is 5.69 Å². The molecule has 0 aliphatic heterocycles. The zero-order valence-electron chi connectivity index (χ0n) is 16.2. The Morgan fingerprint density at radius 2 is 1.75 bits per heavy atom. The highest BCUT2D eigenvalue weighted by molar-refractivity contribution is 7.92. The molecule has 5 nitrogen and oxygen atoms in total. The first-order valence-electron chi connectivity index (χ1n) is 8.71. The summed E-state index contributed by atoms with van der Waals surface area (Å²) < 4.78 is 25.9. The Balaban J connectivity index is 2.28. The van der Waals surface area contributed by atoms with Gasteiger partial charge in [-0.1, -0.05) is 53.5 Å². The molecule has 0 spiro atoms. The number of anilines is 1. The van der Waals surface area contributed by atoms with Crippen LogP contribution in [0.3, 0.4) is 0 Å². The van der Waals surface area contributed by atoms with Gasteiger partial charge in [0.1, 0.15) is 6.04 Å². The number of sulfonamides is 1. The van der Waals surface area contributed by atoms with Crippen LogP contribution in [-0.4, -0.2) is 32.2 Å². The predicted molar refractivity (Wildman–Crippen MR) is 116 cm³/mol. The Morgan fingerprint density at radius 1 is 1.14 bits per heavy atom. The number of benzene rings is 2. The second-order valence-corrected chi connectivity index (χ2v) is 10.1. The number of carbonyl (C=O) groups excluding carboxylic acids is 1. The van der Waals surface area contributed by atoms with E-state index in [0.717, 1.165) is 16.1 Å². The molecule has 152 valence electrons. The minimum Gasteiger partial charge on any atom is -0.349 e. The van der Waals surface area contributed by atoms with E-state index in [9.17, 15) is 13.2 Å². The highest BCUT2D eigenvalue weighted by Crippen LogP contribution is 2.32. The highest BCUT2D eigenvalue weighted by Gasteiger charge is 2.33. The molecule has 1 N–H and O–H groups in total. The molecule has 1 atom stereocenters. The van der Waals surface area contributed by atoms with E-state index in [2.05, 4.69) is 5.32 Å². The minimum absolute atomic E-state index is 0.167. The van der Waals surface area contributed by atoms with Gasteiger partial charge in [0.25, 0.3) is 0 Å². The first-order chi connectivity index (χ1) is 12.9. The van der Waals surface area contributed by atoms with E-state index in [4.69, 9.17) is 23.2 Å². The van der Waals surface area contributed by atoms with Crippen molar-refractivity contribution >= 4 is 44.8 Å². The Kier molecular flexibility index (Phi) is 7.02. The summed E-state index contributed by atoms with van der Waals surface area (Å²) in [5.74, 6) is -0.428. The number of nitrogens with one attached hydrogen (secondary N) is 1. The normalized spacial score (nSPS) is 13.1. The van der Waals surface area contributed by atoms with Crippen molar-refractivity contribution in [1.29, 1.82) is 0 Å². The fourth-order valence-corrected chi connectivity index (χ4v) is 4.63. The highest BCUT2D eigenvalue weighted by atomic mass is 35.5. The molecule has 0 saturated heterocycles. The van der Waals surface area contributed by atoms with Crippen LogP contribution in [0.5, 0.6) is 0 Å². The van der Waals surface area contributed by atoms with Crippen LogP contribution in [0.1, 0.15) is 26.3 Å². The molecule has 0 radical (unpaired) electrons. The van der Waals surface area contributed by atoms with Crippen molar-refractivity contribution in [2.24, 2.45) is 0 Å². The molecule has 2 rings (SSSR count). The molecule has 0 heterocycles. The number of rotatable bonds is 7. The van der Waals surface area contributed by atoms with Gasteiger partial charge in [0.05, 0.1) is 17.0 Å². The number of nitrogens with zero attached hydrogens (tertiary/aromatic N) is 1. The zero-order chi connectivity index (χ0) is 21.1. The van der Waals surface area contributed by atoms with Crippen LogP contribution in [-0.2, 0) is 21.2 Å². The van der Waals surface area contributed by atoms with E-state index in [1.807, 2.05) is 44.2 Å². The molecular weight excluding hydrogens is 419 g/mol. The van der Waals surface area contributed by atoms with Crippen molar-refractivity contribution in [3.8, 4) is 0 Å². The Bertz CT molecular complexity index is 947. The van der Waals surface area contributed by atoms with Gasteiger partial charge in [0.15, 0.2) is 0 Å². The SMILES string of the molecule is C[C@@H](C(=O)NC(C)(C)Cc1ccccc1)N(c1cc(Cl)ccc1Cl)S(C)(=O)=O. The van der Waals surface area contributed by atoms with E-state index in [1.165, 1.54) is 19.1 Å². The molecular formula is C20H24Cl2N2O3S. The molecule has 0 aliphatic carbocycles. The van der Waals surface area contributed by atoms with Gasteiger partial charge in [-0.25, -0.2) is 8.42 Å². The van der Waals surface area contributed by atoms with Crippen molar-refractivity contribution in [1.82, 2.24) is 5.32 Å². The van der Waals surface area contributed by atoms with E-state index >= 15 is 0 Å². The van der Waals surface area contributed by atoms with Crippen molar-refractivity contribution in [2.75, 3.05) is 10.6 Å². The topological polar surface area (TPSA) is 66.5 Å². The molecule has 0 bridgehead atoms. The van der Waals surface area contributed by atoms with E-state index in [0.29, 0.717) is 11.4 Å². The van der Waals surface area contributed by atoms with Gasteiger partial charge in [0.2, 0.25) is 15.9 Å². The van der Waals surface area contributed by atoms with Crippen LogP contribution in [0.25, 0.3) is 0 Å². The summed E-state index contributed by atoms with van der Waals surface area (Å²) in [6, 6.07) is 13.2. The van der Waals surface area contributed by atoms with Gasteiger partial charge in [-0.2, -0.15) is 0 Å². The summed E-state index contributed by atoms with van der Waals surface area (Å²) in [4.78, 5) is 12.9. The predicted octanol–water partition coefficient (Wildman–Crippen LogP) is 4.29. The maximum atomic E-state index is 12.9. The third kappa shape index (κ3) is 5.87. The van der Waals surface area contributed by atoms with Crippen LogP contribution in [0, 0.1) is 0 Å². The molecule has 0 aromatic heterocycles. The first kappa shape index (κ1) is 22.5. The average molecular weight is 443 g/mol. The summed E-state index contributed by atoms with van der Waals surface area (Å²) in [7, 11) is -3.79. The van der Waals surface area contributed by atoms with Gasteiger partial charge in [-0.05, 0) is 51.0 Å². The summed E-state index contributed by atoms with van der Waals surface area (Å²) >= 11 is 12.2. The summed E-state index contributed by atoms with van der Waals surface area (Å²) in [5.41, 5.74) is 0.659. The lowest BCUT2D eigenvalue weighted by molar-refractivity contribution is -0.123. The largest absolute Gasteiger partial charge is 0.349 e. The average Bonchev–Trinajstić information content (AvgIpc) is 2.57. The van der Waals surface area contributed by atoms with Crippen LogP contribution < -0.4 is 9.62 Å². The lowest BCUT2D eigenvalue weighted by Crippen LogP contribution is -2.54. The molecule has 2 aromatic rings. The summed E-state index contributed by atoms with van der Waals surface area (Å²) in [6.07, 6.45) is 1.63. The van der Waals surface area contributed by atoms with Gasteiger partial charge in [0, 0.05) is 10.6 Å². The molecule has 0 saturated carbocycles. The van der Waals surface area contributed by atoms with Crippen molar-refractivity contribution < 1.29 is 13.2 Å². The van der Waals surface area contributed by atoms with E-state index in [-0.39, 0.29) is 10.7 Å². The van der Waals surface area contributed by atoms with Crippen LogP contribution in [0.2, 0.25) is 10.0 Å². The first-order valence-corrected chi connectivity index (χ1v) is 11.3. The number of halogens is 2. The Morgan fingerprint density at radius 3 is 2.32 bits per heavy atom. The third-order valence-corrected chi connectivity index (χ3v) is 5.97. The molecule has 0 fully saturated rings. The fraction of sp³-hybridized carbons (Fsp3) is 0.350. The molecule has 8 heteroatoms. The van der Waals surface area contributed by atoms with Crippen molar-refractivity contribution in [3.05, 3.63) is 64.1 Å². The van der Waals surface area contributed by atoms with Crippen LogP contribution in [0.15, 0.2) is 48.5 Å². The molecule has 2 aromatic carbocycles. The number of hydrogen-bond acceptors (Lipinski definition) is 3. The molecule has 0 unspecified atom stereocenters. The van der Waals surface area contributed by atoms with Crippen molar-refractivity contribution in [3.63, 3.8) is 0 Å². The number of hydrogen-bond donors (Lipinski definition) is 1. The van der Waals surface area contributed by atoms with Gasteiger partial charge < -0.3 is 5.32 Å². The fourth-order valence-electron chi connectivity index (χ4n) is 3.02. The third-order valence-electron chi connectivity index (χ3n) is 4.18. The van der Waals surface area contributed by atoms with E-state index in [1.54, 1.807) is 6.07 Å². The standard InChI is InChI=1S/C20H24Cl2N2O3S/c1-14(19(25)23-20(2,3)13-15-8-6-5-7-9-15)24(28(4,26)27)18-12-16(21)10-11-17(18)22/h5-12,14H,13H2,1-4H3,(H,23,25)/t14-/m0/s1. The molecule has 28 heavy (non-hydrogen) atoms. The monoisotopic (exact) mass is 442 g/mol. The Hall–Kier alpha value is -1.76. The summed E-state index contributed by atoms with van der Waals surface area (Å²) in [6.45, 7) is 5.30. The zero-order valence-corrected chi connectivity index (χ0v) is 18.6. The van der Waals surface area contributed by atoms with Crippen molar-refractivity contribution in [2.45, 2.75) is 38.8 Å². The lowest BCUT2D eigenvalue weighted by atomic mass is 9.94.